The lowest BCUT2D eigenvalue weighted by Gasteiger charge is -2.59. The summed E-state index contributed by atoms with van der Waals surface area (Å²) < 4.78 is 37.9. The molecule has 7 nitrogen and oxygen atoms in total. The van der Waals surface area contributed by atoms with E-state index in [1.807, 2.05) is 0 Å². The van der Waals surface area contributed by atoms with Crippen LogP contribution in [0.5, 0.6) is 0 Å². The molecule has 0 amide bonds. The molecule has 0 bridgehead atoms. The summed E-state index contributed by atoms with van der Waals surface area (Å²) >= 11 is 0. The van der Waals surface area contributed by atoms with Crippen molar-refractivity contribution >= 4 is 5.97 Å². The minimum atomic E-state index is -1.15. The lowest BCUT2D eigenvalue weighted by molar-refractivity contribution is -0.319. The van der Waals surface area contributed by atoms with Crippen LogP contribution in [0, 0.1) is 0 Å². The summed E-state index contributed by atoms with van der Waals surface area (Å²) in [7, 11) is 1.44. The summed E-state index contributed by atoms with van der Waals surface area (Å²) in [6.45, 7) is 3.20. The topological polar surface area (TPSA) is 72.5 Å². The summed E-state index contributed by atoms with van der Waals surface area (Å²) in [5, 5.41) is 0. The molecule has 0 aromatic carbocycles. The highest BCUT2D eigenvalue weighted by atomic mass is 16.6. The smallest absolute Gasteiger partial charge is 0.341 e. The number of hydrogen-bond donors (Lipinski definition) is 0. The molecule has 5 aliphatic heterocycles. The first-order chi connectivity index (χ1) is 14.2. The van der Waals surface area contributed by atoms with Crippen molar-refractivity contribution in [2.24, 2.45) is 0 Å². The second kappa shape index (κ2) is 7.45. The Hall–Kier alpha value is -0.730. The second-order valence-electron chi connectivity index (χ2n) is 9.17. The second-order valence-corrected chi connectivity index (χ2v) is 9.17. The highest BCUT2D eigenvalue weighted by Crippen LogP contribution is 2.62. The summed E-state index contributed by atoms with van der Waals surface area (Å²) in [6.07, 6.45) is 8.44. The van der Waals surface area contributed by atoms with Crippen molar-refractivity contribution in [3.8, 4) is 0 Å². The van der Waals surface area contributed by atoms with Crippen molar-refractivity contribution in [3.63, 3.8) is 0 Å². The van der Waals surface area contributed by atoms with Gasteiger partial charge >= 0.3 is 5.97 Å². The van der Waals surface area contributed by atoms with E-state index in [9.17, 15) is 4.79 Å². The zero-order valence-corrected chi connectivity index (χ0v) is 17.5. The van der Waals surface area contributed by atoms with Crippen LogP contribution in [0.15, 0.2) is 0 Å². The average molecular weight is 411 g/mol. The quantitative estimate of drug-likeness (QED) is 0.645. The van der Waals surface area contributed by atoms with Crippen LogP contribution in [-0.4, -0.2) is 74.6 Å². The Morgan fingerprint density at radius 2 is 1.41 bits per heavy atom. The van der Waals surface area contributed by atoms with E-state index in [1.54, 1.807) is 0 Å². The molecule has 5 aliphatic rings. The predicted octanol–water partition coefficient (Wildman–Crippen LogP) is 2.54. The number of hydrogen-bond acceptors (Lipinski definition) is 7. The highest BCUT2D eigenvalue weighted by molar-refractivity contribution is 5.82. The maximum absolute atomic E-state index is 13.3. The molecular formula is C22H34O7. The summed E-state index contributed by atoms with van der Waals surface area (Å²) in [6, 6.07) is 0. The molecule has 0 spiro atoms. The summed E-state index contributed by atoms with van der Waals surface area (Å²) in [5.74, 6) is -0.340. The fraction of sp³-hybridized carbons (Fsp3) is 0.955. The average Bonchev–Trinajstić information content (AvgIpc) is 3.58. The van der Waals surface area contributed by atoms with Crippen molar-refractivity contribution in [3.05, 3.63) is 0 Å². The maximum atomic E-state index is 13.3. The fourth-order valence-corrected chi connectivity index (χ4v) is 7.12. The molecule has 5 rings (SSSR count). The van der Waals surface area contributed by atoms with Crippen LogP contribution in [0.1, 0.15) is 64.2 Å². The Labute approximate surface area is 172 Å². The number of ether oxygens (including phenoxy) is 6. The lowest BCUT2D eigenvalue weighted by atomic mass is 9.58. The molecule has 5 fully saturated rings. The maximum Gasteiger partial charge on any atom is 0.341 e. The zero-order chi connectivity index (χ0) is 20.0. The van der Waals surface area contributed by atoms with Gasteiger partial charge in [0.1, 0.15) is 16.8 Å². The molecule has 0 saturated carbocycles. The van der Waals surface area contributed by atoms with E-state index < -0.39 is 22.4 Å². The first-order valence-corrected chi connectivity index (χ1v) is 11.4. The van der Waals surface area contributed by atoms with Crippen molar-refractivity contribution in [2.45, 2.75) is 92.7 Å². The van der Waals surface area contributed by atoms with E-state index in [4.69, 9.17) is 28.4 Å². The molecule has 164 valence electrons. The number of rotatable bonds is 5. The van der Waals surface area contributed by atoms with Crippen molar-refractivity contribution < 1.29 is 33.2 Å². The molecule has 5 atom stereocenters. The Kier molecular flexibility index (Phi) is 5.18. The summed E-state index contributed by atoms with van der Waals surface area (Å²) in [5.41, 5.74) is -3.46. The molecule has 0 N–H and O–H groups in total. The van der Waals surface area contributed by atoms with Crippen LogP contribution in [0.25, 0.3) is 0 Å². The van der Waals surface area contributed by atoms with Crippen LogP contribution in [0.4, 0.5) is 0 Å². The van der Waals surface area contributed by atoms with E-state index in [2.05, 4.69) is 0 Å². The minimum absolute atomic E-state index is 0.0414. The van der Waals surface area contributed by atoms with Gasteiger partial charge in [0.2, 0.25) is 0 Å². The van der Waals surface area contributed by atoms with Gasteiger partial charge in [-0.25, -0.2) is 4.79 Å². The third-order valence-electron chi connectivity index (χ3n) is 8.07. The van der Waals surface area contributed by atoms with E-state index in [-0.39, 0.29) is 12.1 Å². The monoisotopic (exact) mass is 410 g/mol. The van der Waals surface area contributed by atoms with E-state index in [1.165, 1.54) is 7.11 Å². The fourth-order valence-electron chi connectivity index (χ4n) is 7.12. The molecule has 0 aromatic heterocycles. The summed E-state index contributed by atoms with van der Waals surface area (Å²) in [4.78, 5) is 13.3. The normalized spacial score (nSPS) is 47.8. The largest absolute Gasteiger partial charge is 0.467 e. The Bertz CT molecular complexity index is 603. The molecular weight excluding hydrogens is 376 g/mol. The highest BCUT2D eigenvalue weighted by Gasteiger charge is 2.79. The number of carbonyl (C=O) groups is 1. The number of carbonyl (C=O) groups excluding carboxylic acids is 1. The van der Waals surface area contributed by atoms with Crippen LogP contribution < -0.4 is 0 Å². The first kappa shape index (κ1) is 20.2. The van der Waals surface area contributed by atoms with Gasteiger partial charge in [0.25, 0.3) is 0 Å². The zero-order valence-electron chi connectivity index (χ0n) is 17.5. The predicted molar refractivity (Wildman–Crippen MR) is 103 cm³/mol. The third kappa shape index (κ3) is 2.51. The van der Waals surface area contributed by atoms with Crippen molar-refractivity contribution in [1.29, 1.82) is 0 Å². The molecule has 29 heavy (non-hydrogen) atoms. The van der Waals surface area contributed by atoms with Crippen LogP contribution in [0.2, 0.25) is 0 Å². The van der Waals surface area contributed by atoms with Crippen LogP contribution >= 0.6 is 0 Å². The molecule has 0 aliphatic carbocycles. The van der Waals surface area contributed by atoms with Gasteiger partial charge in [-0.15, -0.1) is 0 Å². The van der Waals surface area contributed by atoms with Gasteiger partial charge in [-0.3, -0.25) is 0 Å². The SMILES string of the molecule is COC(=O)[C@@]1([C@]2([C@@]3([C@@]4([C@H]5CCCO5)CCCO4)CCCO3)CCCO2)CCCO1. The van der Waals surface area contributed by atoms with E-state index in [0.29, 0.717) is 39.3 Å². The van der Waals surface area contributed by atoms with E-state index >= 15 is 0 Å². The Morgan fingerprint density at radius 3 is 1.93 bits per heavy atom. The molecule has 7 heteroatoms. The Balaban J connectivity index is 1.69. The van der Waals surface area contributed by atoms with Gasteiger partial charge in [0, 0.05) is 33.0 Å². The first-order valence-electron chi connectivity index (χ1n) is 11.4. The van der Waals surface area contributed by atoms with Gasteiger partial charge in [-0.1, -0.05) is 0 Å². The minimum Gasteiger partial charge on any atom is -0.467 e. The molecule has 0 radical (unpaired) electrons. The van der Waals surface area contributed by atoms with Gasteiger partial charge in [0.05, 0.1) is 13.2 Å². The van der Waals surface area contributed by atoms with Crippen LogP contribution in [0.3, 0.4) is 0 Å². The van der Waals surface area contributed by atoms with Gasteiger partial charge < -0.3 is 28.4 Å². The van der Waals surface area contributed by atoms with Crippen molar-refractivity contribution in [1.82, 2.24) is 0 Å². The van der Waals surface area contributed by atoms with Gasteiger partial charge in [-0.2, -0.15) is 0 Å². The van der Waals surface area contributed by atoms with E-state index in [0.717, 1.165) is 58.0 Å². The van der Waals surface area contributed by atoms with Gasteiger partial charge in [-0.05, 0) is 64.2 Å². The lowest BCUT2D eigenvalue weighted by Crippen LogP contribution is -2.79. The Morgan fingerprint density at radius 1 is 0.759 bits per heavy atom. The van der Waals surface area contributed by atoms with Crippen molar-refractivity contribution in [2.75, 3.05) is 40.1 Å². The van der Waals surface area contributed by atoms with Crippen LogP contribution in [-0.2, 0) is 33.2 Å². The van der Waals surface area contributed by atoms with Gasteiger partial charge in [0.15, 0.2) is 5.60 Å². The molecule has 5 saturated heterocycles. The third-order valence-corrected chi connectivity index (χ3v) is 8.07. The molecule has 0 aromatic rings. The molecule has 0 unspecified atom stereocenters. The standard InChI is InChI=1S/C22H34O7/c1-24-18(23)20(9-4-14-27-20)22(11-6-16-29-22)21(10-5-15-28-21)19(8-3-13-26-19)17-7-2-12-25-17/h17H,2-16H2,1H3/t17-,19+,20-,21+,22+/m1/s1. The number of esters is 1. The molecule has 5 heterocycles. The number of methoxy groups -OCH3 is 1.